The summed E-state index contributed by atoms with van der Waals surface area (Å²) in [6.45, 7) is 1.79. The zero-order chi connectivity index (χ0) is 8.27. The van der Waals surface area contributed by atoms with Crippen LogP contribution >= 0.6 is 0 Å². The number of nitrogens with one attached hydrogen (secondary N) is 1. The zero-order valence-electron chi connectivity index (χ0n) is 6.03. The predicted octanol–water partition coefficient (Wildman–Crippen LogP) is 1.07. The van der Waals surface area contributed by atoms with Crippen molar-refractivity contribution in [1.29, 1.82) is 0 Å². The van der Waals surface area contributed by atoms with Gasteiger partial charge in [-0.05, 0) is 23.7 Å². The van der Waals surface area contributed by atoms with Crippen LogP contribution in [0.3, 0.4) is 0 Å². The summed E-state index contributed by atoms with van der Waals surface area (Å²) in [5, 5.41) is 2.73. The van der Waals surface area contributed by atoms with Gasteiger partial charge in [-0.2, -0.15) is 0 Å². The predicted molar refractivity (Wildman–Crippen MR) is 42.2 cm³/mol. The van der Waals surface area contributed by atoms with Gasteiger partial charge in [-0.25, -0.2) is 10.8 Å². The van der Waals surface area contributed by atoms with Crippen LogP contribution in [0.4, 0.5) is 11.5 Å². The van der Waals surface area contributed by atoms with Crippen LogP contribution in [0.15, 0.2) is 17.4 Å². The number of aryl methyl sites for hydroxylation is 1. The lowest BCUT2D eigenvalue weighted by Crippen LogP contribution is -2.09. The Hall–Kier alpha value is -1.49. The third-order valence-electron chi connectivity index (χ3n) is 1.31. The molecule has 0 amide bonds. The monoisotopic (exact) mass is 152 g/mol. The topological polar surface area (TPSA) is 80.4 Å². The molecule has 0 bridgehead atoms. The summed E-state index contributed by atoms with van der Waals surface area (Å²) in [7, 11) is 0. The van der Waals surface area contributed by atoms with Gasteiger partial charge in [0.1, 0.15) is 11.5 Å². The van der Waals surface area contributed by atoms with Crippen LogP contribution in [0.25, 0.3) is 0 Å². The molecule has 1 aromatic heterocycles. The maximum Gasteiger partial charge on any atom is 0.142 e. The highest BCUT2D eigenvalue weighted by Crippen LogP contribution is 2.16. The van der Waals surface area contributed by atoms with Crippen molar-refractivity contribution in [2.75, 3.05) is 5.43 Å². The molecule has 11 heavy (non-hydrogen) atoms. The van der Waals surface area contributed by atoms with Crippen molar-refractivity contribution in [2.45, 2.75) is 6.92 Å². The van der Waals surface area contributed by atoms with Crippen molar-refractivity contribution >= 4 is 11.5 Å². The summed E-state index contributed by atoms with van der Waals surface area (Å²) in [4.78, 5) is 13.9. The lowest BCUT2D eigenvalue weighted by Gasteiger charge is -2.01. The van der Waals surface area contributed by atoms with Crippen LogP contribution in [-0.4, -0.2) is 4.98 Å². The summed E-state index contributed by atoms with van der Waals surface area (Å²) in [5.41, 5.74) is 3.49. The van der Waals surface area contributed by atoms with Crippen molar-refractivity contribution in [3.63, 3.8) is 0 Å². The van der Waals surface area contributed by atoms with E-state index in [4.69, 9.17) is 5.84 Å². The van der Waals surface area contributed by atoms with Crippen LogP contribution in [0.5, 0.6) is 0 Å². The first-order chi connectivity index (χ1) is 5.27. The number of nitroso groups, excluding NO2 is 1. The number of nitrogens with zero attached hydrogens (tertiary/aromatic N) is 2. The van der Waals surface area contributed by atoms with Crippen molar-refractivity contribution in [1.82, 2.24) is 4.98 Å². The minimum atomic E-state index is 0.307. The van der Waals surface area contributed by atoms with E-state index in [9.17, 15) is 4.91 Å². The number of hydrogen-bond donors (Lipinski definition) is 2. The number of nitrogen functional groups attached to an aromatic ring is 1. The van der Waals surface area contributed by atoms with E-state index in [1.807, 2.05) is 0 Å². The molecule has 0 saturated heterocycles. The van der Waals surface area contributed by atoms with Gasteiger partial charge in [0, 0.05) is 0 Å². The first-order valence-corrected chi connectivity index (χ1v) is 3.04. The van der Waals surface area contributed by atoms with Gasteiger partial charge >= 0.3 is 0 Å². The average Bonchev–Trinajstić information content (AvgIpc) is 2.04. The number of pyridine rings is 1. The van der Waals surface area contributed by atoms with Crippen LogP contribution in [0.1, 0.15) is 5.56 Å². The fourth-order valence-corrected chi connectivity index (χ4v) is 0.761. The van der Waals surface area contributed by atoms with Crippen molar-refractivity contribution in [3.8, 4) is 0 Å². The van der Waals surface area contributed by atoms with Crippen LogP contribution in [0, 0.1) is 11.8 Å². The minimum absolute atomic E-state index is 0.307. The molecule has 1 rings (SSSR count). The fraction of sp³-hybridized carbons (Fsp3) is 0.167. The lowest BCUT2D eigenvalue weighted by atomic mass is 10.3. The lowest BCUT2D eigenvalue weighted by molar-refractivity contribution is 1.18. The molecule has 0 aliphatic heterocycles. The van der Waals surface area contributed by atoms with Crippen LogP contribution < -0.4 is 11.3 Å². The molecule has 0 saturated carbocycles. The molecule has 0 atom stereocenters. The molecule has 3 N–H and O–H groups in total. The Kier molecular flexibility index (Phi) is 2.12. The quantitative estimate of drug-likeness (QED) is 0.377. The van der Waals surface area contributed by atoms with E-state index in [1.54, 1.807) is 13.0 Å². The number of nitrogens with two attached hydrogens (primary N) is 1. The molecule has 1 heterocycles. The second kappa shape index (κ2) is 3.07. The van der Waals surface area contributed by atoms with Gasteiger partial charge in [0.05, 0.1) is 6.20 Å². The Morgan fingerprint density at radius 1 is 1.73 bits per heavy atom. The van der Waals surface area contributed by atoms with Gasteiger partial charge in [0.15, 0.2) is 0 Å². The van der Waals surface area contributed by atoms with Gasteiger partial charge in [0.2, 0.25) is 0 Å². The van der Waals surface area contributed by atoms with Gasteiger partial charge < -0.3 is 5.43 Å². The first-order valence-electron chi connectivity index (χ1n) is 3.04. The van der Waals surface area contributed by atoms with E-state index in [-0.39, 0.29) is 0 Å². The largest absolute Gasteiger partial charge is 0.308 e. The standard InChI is InChI=1S/C6H8N4O/c1-4-2-5(10-11)3-8-6(4)9-7/h2-3H,7H2,1H3,(H,8,9). The molecule has 0 aliphatic rings. The maximum atomic E-state index is 10.0. The third kappa shape index (κ3) is 1.50. The summed E-state index contributed by atoms with van der Waals surface area (Å²) >= 11 is 0. The van der Waals surface area contributed by atoms with Crippen molar-refractivity contribution in [2.24, 2.45) is 11.0 Å². The highest BCUT2D eigenvalue weighted by atomic mass is 16.3. The van der Waals surface area contributed by atoms with Crippen LogP contribution in [-0.2, 0) is 0 Å². The Balaban J connectivity index is 3.09. The molecule has 0 aromatic carbocycles. The molecular formula is C6H8N4O. The molecular weight excluding hydrogens is 144 g/mol. The molecule has 0 radical (unpaired) electrons. The van der Waals surface area contributed by atoms with Gasteiger partial charge in [-0.1, -0.05) is 0 Å². The Bertz CT molecular complexity index is 273. The second-order valence-electron chi connectivity index (χ2n) is 2.09. The Morgan fingerprint density at radius 2 is 2.45 bits per heavy atom. The van der Waals surface area contributed by atoms with Gasteiger partial charge in [0.25, 0.3) is 0 Å². The van der Waals surface area contributed by atoms with E-state index in [0.29, 0.717) is 11.5 Å². The first kappa shape index (κ1) is 7.62. The third-order valence-corrected chi connectivity index (χ3v) is 1.31. The SMILES string of the molecule is Cc1cc(N=O)cnc1NN. The molecule has 1 aromatic rings. The van der Waals surface area contributed by atoms with Crippen molar-refractivity contribution < 1.29 is 0 Å². The molecule has 0 fully saturated rings. The summed E-state index contributed by atoms with van der Waals surface area (Å²) < 4.78 is 0. The van der Waals surface area contributed by atoms with E-state index < -0.39 is 0 Å². The van der Waals surface area contributed by atoms with E-state index >= 15 is 0 Å². The summed E-state index contributed by atoms with van der Waals surface area (Å²) in [5.74, 6) is 5.67. The number of hydrazine groups is 1. The van der Waals surface area contributed by atoms with Gasteiger partial charge in [-0.3, -0.25) is 0 Å². The van der Waals surface area contributed by atoms with Crippen LogP contribution in [0.2, 0.25) is 0 Å². The van der Waals surface area contributed by atoms with Crippen molar-refractivity contribution in [3.05, 3.63) is 22.7 Å². The van der Waals surface area contributed by atoms with Gasteiger partial charge in [-0.15, -0.1) is 4.91 Å². The fourth-order valence-electron chi connectivity index (χ4n) is 0.761. The maximum absolute atomic E-state index is 10.0. The second-order valence-corrected chi connectivity index (χ2v) is 2.09. The highest BCUT2D eigenvalue weighted by Gasteiger charge is 1.98. The van der Waals surface area contributed by atoms with E-state index in [1.165, 1.54) is 6.20 Å². The average molecular weight is 152 g/mol. The highest BCUT2D eigenvalue weighted by molar-refractivity contribution is 5.49. The molecule has 58 valence electrons. The number of anilines is 1. The summed E-state index contributed by atoms with van der Waals surface area (Å²) in [6.07, 6.45) is 1.36. The molecule has 0 aliphatic carbocycles. The molecule has 0 unspecified atom stereocenters. The zero-order valence-corrected chi connectivity index (χ0v) is 6.03. The normalized spacial score (nSPS) is 9.27. The minimum Gasteiger partial charge on any atom is -0.308 e. The molecule has 0 spiro atoms. The number of rotatable bonds is 2. The number of hydrogen-bond acceptors (Lipinski definition) is 5. The summed E-state index contributed by atoms with van der Waals surface area (Å²) in [6, 6.07) is 1.61. The smallest absolute Gasteiger partial charge is 0.142 e. The molecule has 5 heteroatoms. The Morgan fingerprint density at radius 3 is 2.91 bits per heavy atom. The Labute approximate surface area is 63.6 Å². The van der Waals surface area contributed by atoms with E-state index in [0.717, 1.165) is 5.56 Å². The number of aromatic nitrogens is 1. The van der Waals surface area contributed by atoms with E-state index in [2.05, 4.69) is 15.6 Å². The molecule has 5 nitrogen and oxygen atoms in total.